The van der Waals surface area contributed by atoms with Crippen LogP contribution in [0, 0.1) is 0 Å². The van der Waals surface area contributed by atoms with Crippen LogP contribution < -0.4 is 4.74 Å². The van der Waals surface area contributed by atoms with Crippen molar-refractivity contribution < 1.29 is 19.7 Å². The lowest BCUT2D eigenvalue weighted by atomic mass is 9.94. The smallest absolute Gasteiger partial charge is 0.321 e. The van der Waals surface area contributed by atoms with Crippen LogP contribution in [0.1, 0.15) is 49.5 Å². The van der Waals surface area contributed by atoms with E-state index in [9.17, 15) is 10.2 Å². The first-order valence-electron chi connectivity index (χ1n) is 10.9. The van der Waals surface area contributed by atoms with Crippen LogP contribution in [0.4, 0.5) is 0 Å². The summed E-state index contributed by atoms with van der Waals surface area (Å²) >= 11 is 6.44. The lowest BCUT2D eigenvalue weighted by Gasteiger charge is -2.32. The molecule has 32 heavy (non-hydrogen) atoms. The zero-order chi connectivity index (χ0) is 22.9. The number of benzene rings is 2. The Kier molecular flexibility index (Phi) is 9.00. The van der Waals surface area contributed by atoms with Crippen LogP contribution in [0.2, 0.25) is 5.02 Å². The maximum absolute atomic E-state index is 10.1. The molecule has 2 N–H and O–H groups in total. The van der Waals surface area contributed by atoms with E-state index < -0.39 is 6.10 Å². The minimum absolute atomic E-state index is 0.101. The van der Waals surface area contributed by atoms with Gasteiger partial charge in [-0.2, -0.15) is 0 Å². The van der Waals surface area contributed by atoms with E-state index in [2.05, 4.69) is 9.97 Å². The van der Waals surface area contributed by atoms with E-state index >= 15 is 0 Å². The van der Waals surface area contributed by atoms with Crippen molar-refractivity contribution in [3.05, 3.63) is 82.6 Å². The molecule has 1 aromatic heterocycles. The van der Waals surface area contributed by atoms with Gasteiger partial charge in [-0.25, -0.2) is 9.97 Å². The predicted octanol–water partition coefficient (Wildman–Crippen LogP) is 5.11. The van der Waals surface area contributed by atoms with Crippen molar-refractivity contribution >= 4 is 11.6 Å². The van der Waals surface area contributed by atoms with Gasteiger partial charge in [-0.3, -0.25) is 0 Å². The number of aliphatic hydroxyl groups excluding tert-OH is 2. The number of hydrogen-bond acceptors (Lipinski definition) is 6. The summed E-state index contributed by atoms with van der Waals surface area (Å²) < 4.78 is 11.6. The number of halogens is 1. The highest BCUT2D eigenvalue weighted by atomic mass is 35.5. The van der Waals surface area contributed by atoms with E-state index in [-0.39, 0.29) is 18.8 Å². The number of hydrogen-bond donors (Lipinski definition) is 2. The minimum atomic E-state index is -0.485. The van der Waals surface area contributed by atoms with Gasteiger partial charge < -0.3 is 19.7 Å². The number of aromatic nitrogens is 2. The van der Waals surface area contributed by atoms with E-state index in [1.54, 1.807) is 18.5 Å². The molecule has 0 saturated carbocycles. The van der Waals surface area contributed by atoms with Crippen molar-refractivity contribution in [3.8, 4) is 11.8 Å². The second-order valence-corrected chi connectivity index (χ2v) is 7.77. The number of aliphatic hydroxyl groups is 2. The Morgan fingerprint density at radius 2 is 1.78 bits per heavy atom. The van der Waals surface area contributed by atoms with Gasteiger partial charge in [0, 0.05) is 30.3 Å². The summed E-state index contributed by atoms with van der Waals surface area (Å²) in [7, 11) is 0. The van der Waals surface area contributed by atoms with E-state index in [0.29, 0.717) is 36.0 Å². The maximum Gasteiger partial charge on any atom is 0.321 e. The van der Waals surface area contributed by atoms with Crippen LogP contribution in [-0.4, -0.2) is 39.0 Å². The van der Waals surface area contributed by atoms with Gasteiger partial charge in [0.25, 0.3) is 0 Å². The molecule has 2 heterocycles. The fraction of sp³-hybridized carbons (Fsp3) is 0.360. The highest BCUT2D eigenvalue weighted by molar-refractivity contribution is 6.31. The molecule has 0 bridgehead atoms. The van der Waals surface area contributed by atoms with Crippen LogP contribution in [0.15, 0.2) is 60.9 Å². The molecule has 6 nitrogen and oxygen atoms in total. The predicted molar refractivity (Wildman–Crippen MR) is 124 cm³/mol. The van der Waals surface area contributed by atoms with Gasteiger partial charge in [-0.1, -0.05) is 49.7 Å². The van der Waals surface area contributed by atoms with E-state index in [1.807, 2.05) is 56.3 Å². The van der Waals surface area contributed by atoms with Crippen molar-refractivity contribution in [2.45, 2.75) is 51.4 Å². The molecule has 1 aliphatic heterocycles. The normalized spacial score (nSPS) is 20.2. The summed E-state index contributed by atoms with van der Waals surface area (Å²) in [5, 5.41) is 20.2. The van der Waals surface area contributed by atoms with E-state index in [0.717, 1.165) is 16.7 Å². The molecule has 0 radical (unpaired) electrons. The largest absolute Gasteiger partial charge is 0.424 e. The molecule has 0 aliphatic carbocycles. The first-order valence-corrected chi connectivity index (χ1v) is 11.2. The Morgan fingerprint density at radius 1 is 1.06 bits per heavy atom. The average molecular weight is 457 g/mol. The Morgan fingerprint density at radius 3 is 2.47 bits per heavy atom. The summed E-state index contributed by atoms with van der Waals surface area (Å²) in [5.74, 6) is 0.657. The molecule has 0 amide bonds. The van der Waals surface area contributed by atoms with Gasteiger partial charge in [0.05, 0.1) is 24.9 Å². The molecule has 3 atom stereocenters. The number of rotatable bonds is 6. The van der Waals surface area contributed by atoms with Crippen molar-refractivity contribution in [2.24, 2.45) is 0 Å². The van der Waals surface area contributed by atoms with Crippen molar-refractivity contribution in [1.29, 1.82) is 0 Å². The third kappa shape index (κ3) is 6.50. The van der Waals surface area contributed by atoms with Crippen molar-refractivity contribution in [1.82, 2.24) is 9.97 Å². The highest BCUT2D eigenvalue weighted by Crippen LogP contribution is 2.34. The molecule has 0 spiro atoms. The lowest BCUT2D eigenvalue weighted by molar-refractivity contribution is -0.113. The molecule has 1 saturated heterocycles. The topological polar surface area (TPSA) is 84.7 Å². The van der Waals surface area contributed by atoms with Crippen LogP contribution >= 0.6 is 11.6 Å². The molecule has 3 unspecified atom stereocenters. The van der Waals surface area contributed by atoms with E-state index in [1.165, 1.54) is 0 Å². The first kappa shape index (κ1) is 24.1. The fourth-order valence-corrected chi connectivity index (χ4v) is 3.78. The third-order valence-electron chi connectivity index (χ3n) is 5.09. The summed E-state index contributed by atoms with van der Waals surface area (Å²) in [6.45, 7) is 3.90. The summed E-state index contributed by atoms with van der Waals surface area (Å²) in [4.78, 5) is 8.10. The lowest BCUT2D eigenvalue weighted by Crippen LogP contribution is -2.33. The molecule has 2 aromatic carbocycles. The van der Waals surface area contributed by atoms with Gasteiger partial charge in [0.2, 0.25) is 0 Å². The van der Waals surface area contributed by atoms with E-state index in [4.69, 9.17) is 21.1 Å². The summed E-state index contributed by atoms with van der Waals surface area (Å²) in [6, 6.07) is 15.5. The van der Waals surface area contributed by atoms with Gasteiger partial charge >= 0.3 is 6.01 Å². The molecule has 3 aromatic rings. The quantitative estimate of drug-likeness (QED) is 0.536. The Balaban J connectivity index is 0.00000141. The zero-order valence-electron chi connectivity index (χ0n) is 18.3. The Labute approximate surface area is 193 Å². The summed E-state index contributed by atoms with van der Waals surface area (Å²) in [6.07, 6.45) is 3.77. The highest BCUT2D eigenvalue weighted by Gasteiger charge is 2.29. The number of nitrogens with zero attached hydrogens (tertiary/aromatic N) is 2. The minimum Gasteiger partial charge on any atom is -0.424 e. The first-order chi connectivity index (χ1) is 15.6. The third-order valence-corrected chi connectivity index (χ3v) is 5.46. The van der Waals surface area contributed by atoms with Crippen LogP contribution in [0.5, 0.6) is 11.8 Å². The van der Waals surface area contributed by atoms with Crippen LogP contribution in [-0.2, 0) is 11.2 Å². The molecule has 4 rings (SSSR count). The van der Waals surface area contributed by atoms with Crippen molar-refractivity contribution in [3.63, 3.8) is 0 Å². The second kappa shape index (κ2) is 11.9. The second-order valence-electron chi connectivity index (χ2n) is 7.36. The van der Waals surface area contributed by atoms with Gasteiger partial charge in [-0.15, -0.1) is 0 Å². The molecule has 170 valence electrons. The zero-order valence-corrected chi connectivity index (χ0v) is 19.1. The van der Waals surface area contributed by atoms with Crippen LogP contribution in [0.3, 0.4) is 0 Å². The molecular weight excluding hydrogens is 428 g/mol. The monoisotopic (exact) mass is 456 g/mol. The van der Waals surface area contributed by atoms with Gasteiger partial charge in [0.15, 0.2) is 0 Å². The van der Waals surface area contributed by atoms with Gasteiger partial charge in [0.1, 0.15) is 5.75 Å². The SMILES string of the molecule is CC.OCC1CC(O)CC(c2ccc(Cl)c(Cc3ccc(Oc4ncccn4)cc3)c2)O1. The number of ether oxygens (including phenoxy) is 2. The fourth-order valence-electron chi connectivity index (χ4n) is 3.59. The molecule has 7 heteroatoms. The maximum atomic E-state index is 10.1. The molecular formula is C25H29ClN2O4. The van der Waals surface area contributed by atoms with Gasteiger partial charge in [-0.05, 0) is 47.4 Å². The van der Waals surface area contributed by atoms with Crippen molar-refractivity contribution in [2.75, 3.05) is 6.61 Å². The van der Waals surface area contributed by atoms with Crippen LogP contribution in [0.25, 0.3) is 0 Å². The standard InChI is InChI=1S/C23H23ClN2O4.C2H6/c24-21-7-4-16(22-13-18(28)12-20(14-27)29-22)11-17(21)10-15-2-5-19(6-3-15)30-23-25-8-1-9-26-23;1-2/h1-9,11,18,20,22,27-28H,10,12-14H2;1-2H3. The Bertz CT molecular complexity index is 969. The summed E-state index contributed by atoms with van der Waals surface area (Å²) in [5.41, 5.74) is 3.00. The average Bonchev–Trinajstić information content (AvgIpc) is 2.83. The molecule has 1 aliphatic rings. The Hall–Kier alpha value is -2.51. The molecule has 1 fully saturated rings.